The Morgan fingerprint density at radius 1 is 0.967 bits per heavy atom. The van der Waals surface area contributed by atoms with Gasteiger partial charge in [0.25, 0.3) is 0 Å². The topological polar surface area (TPSA) is 131 Å². The number of methoxy groups -OCH3 is 1. The Kier molecular flexibility index (Phi) is 7.98. The number of anilines is 1. The van der Waals surface area contributed by atoms with Crippen LogP contribution in [0.25, 0.3) is 6.08 Å². The van der Waals surface area contributed by atoms with Crippen molar-refractivity contribution in [1.82, 2.24) is 10.0 Å². The fourth-order valence-corrected chi connectivity index (χ4v) is 3.91. The number of carbonyl (C=O) groups is 1. The summed E-state index contributed by atoms with van der Waals surface area (Å²) in [6.45, 7) is 0.134. The number of benzene rings is 2. The van der Waals surface area contributed by atoms with E-state index in [9.17, 15) is 21.6 Å². The van der Waals surface area contributed by atoms with Gasteiger partial charge in [0.05, 0.1) is 18.3 Å². The zero-order chi connectivity index (χ0) is 22.2. The van der Waals surface area contributed by atoms with E-state index in [1.54, 1.807) is 42.5 Å². The molecule has 0 spiro atoms. The molecule has 0 heterocycles. The quantitative estimate of drug-likeness (QED) is 0.366. The maximum Gasteiger partial charge on any atom is 0.244 e. The highest BCUT2D eigenvalue weighted by Gasteiger charge is 2.13. The van der Waals surface area contributed by atoms with Crippen molar-refractivity contribution in [3.63, 3.8) is 0 Å². The van der Waals surface area contributed by atoms with Crippen LogP contribution in [0.1, 0.15) is 5.56 Å². The molecule has 0 aliphatic carbocycles. The monoisotopic (exact) mass is 453 g/mol. The number of amides is 1. The summed E-state index contributed by atoms with van der Waals surface area (Å²) in [5.41, 5.74) is 1.12. The van der Waals surface area contributed by atoms with Gasteiger partial charge < -0.3 is 10.1 Å². The summed E-state index contributed by atoms with van der Waals surface area (Å²) in [6, 6.07) is 12.4. The minimum absolute atomic E-state index is 0.0276. The van der Waals surface area contributed by atoms with Gasteiger partial charge in [0.15, 0.2) is 0 Å². The SMILES string of the molecule is COc1ccc(S(=O)(=O)NCCNC(=O)/C=C/c2ccc(NS(C)(=O)=O)cc2)cc1. The predicted octanol–water partition coefficient (Wildman–Crippen LogP) is 1.17. The van der Waals surface area contributed by atoms with Crippen molar-refractivity contribution < 1.29 is 26.4 Å². The number of rotatable bonds is 10. The molecule has 0 atom stereocenters. The molecule has 11 heteroatoms. The second kappa shape index (κ2) is 10.2. The van der Waals surface area contributed by atoms with Gasteiger partial charge in [-0.25, -0.2) is 21.6 Å². The van der Waals surface area contributed by atoms with Crippen molar-refractivity contribution in [3.8, 4) is 5.75 Å². The van der Waals surface area contributed by atoms with E-state index in [0.29, 0.717) is 17.0 Å². The summed E-state index contributed by atoms with van der Waals surface area (Å²) in [5, 5.41) is 2.57. The van der Waals surface area contributed by atoms with E-state index < -0.39 is 26.0 Å². The fourth-order valence-electron chi connectivity index (χ4n) is 2.32. The summed E-state index contributed by atoms with van der Waals surface area (Å²) >= 11 is 0. The van der Waals surface area contributed by atoms with Crippen LogP contribution in [0, 0.1) is 0 Å². The third kappa shape index (κ3) is 7.85. The second-order valence-corrected chi connectivity index (χ2v) is 9.71. The third-order valence-electron chi connectivity index (χ3n) is 3.73. The van der Waals surface area contributed by atoms with Gasteiger partial charge in [-0.05, 0) is 48.0 Å². The van der Waals surface area contributed by atoms with Crippen molar-refractivity contribution in [2.75, 3.05) is 31.2 Å². The molecule has 1 amide bonds. The largest absolute Gasteiger partial charge is 0.497 e. The molecule has 2 aromatic rings. The fraction of sp³-hybridized carbons (Fsp3) is 0.211. The smallest absolute Gasteiger partial charge is 0.244 e. The molecular weight excluding hydrogens is 430 g/mol. The Hall–Kier alpha value is -2.89. The second-order valence-electron chi connectivity index (χ2n) is 6.19. The van der Waals surface area contributed by atoms with Gasteiger partial charge in [-0.15, -0.1) is 0 Å². The van der Waals surface area contributed by atoms with Crippen molar-refractivity contribution in [1.29, 1.82) is 0 Å². The number of ether oxygens (including phenoxy) is 1. The molecule has 0 fully saturated rings. The molecule has 0 radical (unpaired) electrons. The lowest BCUT2D eigenvalue weighted by atomic mass is 10.2. The van der Waals surface area contributed by atoms with Crippen molar-refractivity contribution in [3.05, 3.63) is 60.2 Å². The Bertz CT molecular complexity index is 1090. The van der Waals surface area contributed by atoms with Crippen LogP contribution in [0.2, 0.25) is 0 Å². The van der Waals surface area contributed by atoms with Gasteiger partial charge in [0.1, 0.15) is 5.75 Å². The first-order chi connectivity index (χ1) is 14.1. The van der Waals surface area contributed by atoms with E-state index in [1.165, 1.54) is 25.3 Å². The molecule has 0 aromatic heterocycles. The molecule has 162 valence electrons. The average Bonchev–Trinajstić information content (AvgIpc) is 2.69. The van der Waals surface area contributed by atoms with Crippen molar-refractivity contribution in [2.24, 2.45) is 0 Å². The van der Waals surface area contributed by atoms with Crippen LogP contribution in [0.15, 0.2) is 59.5 Å². The van der Waals surface area contributed by atoms with Crippen LogP contribution in [-0.4, -0.2) is 49.2 Å². The maximum absolute atomic E-state index is 12.2. The Labute approximate surface area is 176 Å². The van der Waals surface area contributed by atoms with Crippen LogP contribution >= 0.6 is 0 Å². The lowest BCUT2D eigenvalue weighted by Crippen LogP contribution is -2.34. The van der Waals surface area contributed by atoms with E-state index in [1.807, 2.05) is 0 Å². The Morgan fingerprint density at radius 2 is 1.60 bits per heavy atom. The number of hydrogen-bond acceptors (Lipinski definition) is 6. The standard InChI is InChI=1S/C19H23N3O6S2/c1-28-17-8-10-18(11-9-17)30(26,27)21-14-13-20-19(23)12-5-15-3-6-16(7-4-15)22-29(2,24)25/h3-12,21-22H,13-14H2,1-2H3,(H,20,23)/b12-5+. The van der Waals surface area contributed by atoms with Gasteiger partial charge in [-0.1, -0.05) is 12.1 Å². The number of nitrogens with one attached hydrogen (secondary N) is 3. The van der Waals surface area contributed by atoms with Gasteiger partial charge in [0.2, 0.25) is 26.0 Å². The molecule has 2 aromatic carbocycles. The van der Waals surface area contributed by atoms with E-state index in [2.05, 4.69) is 14.8 Å². The minimum Gasteiger partial charge on any atom is -0.497 e. The first kappa shape index (κ1) is 23.4. The zero-order valence-corrected chi connectivity index (χ0v) is 18.1. The van der Waals surface area contributed by atoms with E-state index in [4.69, 9.17) is 4.74 Å². The van der Waals surface area contributed by atoms with Crippen LogP contribution in [-0.2, 0) is 24.8 Å². The molecule has 3 N–H and O–H groups in total. The highest BCUT2D eigenvalue weighted by molar-refractivity contribution is 7.92. The third-order valence-corrected chi connectivity index (χ3v) is 5.81. The highest BCUT2D eigenvalue weighted by atomic mass is 32.2. The van der Waals surface area contributed by atoms with E-state index in [0.717, 1.165) is 6.26 Å². The molecular formula is C19H23N3O6S2. The maximum atomic E-state index is 12.2. The number of hydrogen-bond donors (Lipinski definition) is 3. The van der Waals surface area contributed by atoms with E-state index >= 15 is 0 Å². The summed E-state index contributed by atoms with van der Waals surface area (Å²) in [6.07, 6.45) is 3.92. The Balaban J connectivity index is 1.79. The lowest BCUT2D eigenvalue weighted by molar-refractivity contribution is -0.116. The highest BCUT2D eigenvalue weighted by Crippen LogP contribution is 2.15. The molecule has 0 saturated carbocycles. The lowest BCUT2D eigenvalue weighted by Gasteiger charge is -2.08. The van der Waals surface area contributed by atoms with E-state index in [-0.39, 0.29) is 18.0 Å². The van der Waals surface area contributed by atoms with Crippen LogP contribution in [0.5, 0.6) is 5.75 Å². The summed E-state index contributed by atoms with van der Waals surface area (Å²) in [4.78, 5) is 12.0. The molecule has 0 aliphatic heterocycles. The van der Waals surface area contributed by atoms with Crippen molar-refractivity contribution in [2.45, 2.75) is 4.90 Å². The molecule has 0 saturated heterocycles. The molecule has 0 unspecified atom stereocenters. The van der Waals surface area contributed by atoms with Gasteiger partial charge in [0, 0.05) is 24.9 Å². The number of sulfonamides is 2. The first-order valence-corrected chi connectivity index (χ1v) is 12.1. The zero-order valence-electron chi connectivity index (χ0n) is 16.5. The summed E-state index contributed by atoms with van der Waals surface area (Å²) in [5.74, 6) is 0.159. The molecule has 0 bridgehead atoms. The summed E-state index contributed by atoms with van der Waals surface area (Å²) in [7, 11) is -5.54. The number of carbonyl (C=O) groups excluding carboxylic acids is 1. The summed E-state index contributed by atoms with van der Waals surface area (Å²) < 4.78 is 56.4. The Morgan fingerprint density at radius 3 is 2.17 bits per heavy atom. The minimum atomic E-state index is -3.68. The molecule has 30 heavy (non-hydrogen) atoms. The average molecular weight is 454 g/mol. The van der Waals surface area contributed by atoms with Gasteiger partial charge >= 0.3 is 0 Å². The first-order valence-electron chi connectivity index (χ1n) is 8.76. The predicted molar refractivity (Wildman–Crippen MR) is 115 cm³/mol. The van der Waals surface area contributed by atoms with Gasteiger partial charge in [-0.2, -0.15) is 0 Å². The molecule has 0 aliphatic rings. The molecule has 9 nitrogen and oxygen atoms in total. The normalized spacial score (nSPS) is 11.9. The van der Waals surface area contributed by atoms with Gasteiger partial charge in [-0.3, -0.25) is 9.52 Å². The molecule has 2 rings (SSSR count). The van der Waals surface area contributed by atoms with Crippen LogP contribution in [0.4, 0.5) is 5.69 Å². The van der Waals surface area contributed by atoms with Crippen molar-refractivity contribution >= 4 is 37.7 Å². The van der Waals surface area contributed by atoms with Crippen LogP contribution < -0.4 is 19.5 Å². The van der Waals surface area contributed by atoms with Crippen LogP contribution in [0.3, 0.4) is 0 Å².